The minimum atomic E-state index is -3.85. The molecule has 0 saturated carbocycles. The van der Waals surface area contributed by atoms with Gasteiger partial charge in [-0.2, -0.15) is 4.31 Å². The third-order valence-electron chi connectivity index (χ3n) is 3.31. The lowest BCUT2D eigenvalue weighted by Crippen LogP contribution is -2.46. The number of nitrogens with one attached hydrogen (secondary N) is 2. The summed E-state index contributed by atoms with van der Waals surface area (Å²) in [6, 6.07) is 12.1. The van der Waals surface area contributed by atoms with Crippen LogP contribution in [0.4, 0.5) is 0 Å². The first-order chi connectivity index (χ1) is 12.2. The zero-order chi connectivity index (χ0) is 19.3. The normalized spacial score (nSPS) is 11.2. The van der Waals surface area contributed by atoms with Crippen LogP contribution in [0.2, 0.25) is 5.02 Å². The van der Waals surface area contributed by atoms with Crippen LogP contribution in [0.15, 0.2) is 57.9 Å². The van der Waals surface area contributed by atoms with E-state index < -0.39 is 28.4 Å². The average Bonchev–Trinajstić information content (AvgIpc) is 2.60. The van der Waals surface area contributed by atoms with Crippen LogP contribution in [0.25, 0.3) is 0 Å². The van der Waals surface area contributed by atoms with Gasteiger partial charge in [-0.3, -0.25) is 20.4 Å². The molecule has 0 heterocycles. The summed E-state index contributed by atoms with van der Waals surface area (Å²) in [7, 11) is -2.59. The summed E-state index contributed by atoms with van der Waals surface area (Å²) in [5.41, 5.74) is 4.75. The van der Waals surface area contributed by atoms with E-state index in [-0.39, 0.29) is 4.90 Å². The van der Waals surface area contributed by atoms with E-state index >= 15 is 0 Å². The average molecular weight is 461 g/mol. The highest BCUT2D eigenvalue weighted by Crippen LogP contribution is 2.17. The fourth-order valence-corrected chi connectivity index (χ4v) is 3.43. The zero-order valence-electron chi connectivity index (χ0n) is 13.6. The molecule has 0 spiro atoms. The van der Waals surface area contributed by atoms with E-state index in [1.165, 1.54) is 31.3 Å². The van der Waals surface area contributed by atoms with Crippen molar-refractivity contribution < 1.29 is 18.0 Å². The second kappa shape index (κ2) is 8.63. The van der Waals surface area contributed by atoms with Crippen LogP contribution in [-0.4, -0.2) is 38.1 Å². The van der Waals surface area contributed by atoms with Gasteiger partial charge in [0.15, 0.2) is 0 Å². The number of sulfonamides is 1. The second-order valence-corrected chi connectivity index (χ2v) is 8.62. The van der Waals surface area contributed by atoms with Crippen molar-refractivity contribution in [2.45, 2.75) is 4.90 Å². The predicted octanol–water partition coefficient (Wildman–Crippen LogP) is 2.18. The Morgan fingerprint density at radius 3 is 2.19 bits per heavy atom. The Balaban J connectivity index is 1.93. The Hall–Kier alpha value is -1.94. The first kappa shape index (κ1) is 20.4. The SMILES string of the molecule is CN(CC(=O)NNC(=O)c1ccc(Br)cc1)S(=O)(=O)c1ccc(Cl)cc1. The Morgan fingerprint density at radius 2 is 1.62 bits per heavy atom. The number of halogens is 2. The number of nitrogens with zero attached hydrogens (tertiary/aromatic N) is 1. The molecular weight excluding hydrogens is 446 g/mol. The minimum absolute atomic E-state index is 0.0103. The lowest BCUT2D eigenvalue weighted by atomic mass is 10.2. The van der Waals surface area contributed by atoms with Crippen molar-refractivity contribution in [1.82, 2.24) is 15.2 Å². The van der Waals surface area contributed by atoms with E-state index in [9.17, 15) is 18.0 Å². The number of carbonyl (C=O) groups is 2. The molecule has 2 rings (SSSR count). The molecule has 0 fully saturated rings. The van der Waals surface area contributed by atoms with Gasteiger partial charge in [0.2, 0.25) is 10.0 Å². The van der Waals surface area contributed by atoms with E-state index in [1.807, 2.05) is 0 Å². The molecule has 0 bridgehead atoms. The molecule has 138 valence electrons. The summed E-state index contributed by atoms with van der Waals surface area (Å²) in [6.07, 6.45) is 0. The summed E-state index contributed by atoms with van der Waals surface area (Å²) in [6.45, 7) is -0.467. The van der Waals surface area contributed by atoms with Gasteiger partial charge < -0.3 is 0 Å². The van der Waals surface area contributed by atoms with Crippen LogP contribution in [0.3, 0.4) is 0 Å². The molecule has 0 unspecified atom stereocenters. The van der Waals surface area contributed by atoms with Gasteiger partial charge in [0.25, 0.3) is 11.8 Å². The third kappa shape index (κ3) is 5.28. The quantitative estimate of drug-likeness (QED) is 0.669. The first-order valence-corrected chi connectivity index (χ1v) is 9.88. The highest BCUT2D eigenvalue weighted by Gasteiger charge is 2.23. The van der Waals surface area contributed by atoms with Crippen molar-refractivity contribution in [3.63, 3.8) is 0 Å². The Bertz CT molecular complexity index is 902. The monoisotopic (exact) mass is 459 g/mol. The maximum atomic E-state index is 12.4. The highest BCUT2D eigenvalue weighted by molar-refractivity contribution is 9.10. The van der Waals surface area contributed by atoms with Gasteiger partial charge in [-0.15, -0.1) is 0 Å². The standard InChI is InChI=1S/C16H15BrClN3O4S/c1-21(26(24,25)14-8-6-13(18)7-9-14)10-15(22)19-20-16(23)11-2-4-12(17)5-3-11/h2-9H,10H2,1H3,(H,19,22)(H,20,23). The molecule has 26 heavy (non-hydrogen) atoms. The van der Waals surface area contributed by atoms with Crippen LogP contribution in [0, 0.1) is 0 Å². The molecule has 2 aromatic rings. The van der Waals surface area contributed by atoms with Crippen LogP contribution in [-0.2, 0) is 14.8 Å². The number of hydrogen-bond donors (Lipinski definition) is 2. The van der Waals surface area contributed by atoms with Crippen molar-refractivity contribution in [1.29, 1.82) is 0 Å². The van der Waals surface area contributed by atoms with Crippen LogP contribution < -0.4 is 10.9 Å². The molecule has 2 N–H and O–H groups in total. The highest BCUT2D eigenvalue weighted by atomic mass is 79.9. The van der Waals surface area contributed by atoms with E-state index in [1.54, 1.807) is 24.3 Å². The molecule has 0 saturated heterocycles. The minimum Gasteiger partial charge on any atom is -0.272 e. The molecule has 0 aliphatic heterocycles. The molecule has 0 aliphatic rings. The molecular formula is C16H15BrClN3O4S. The van der Waals surface area contributed by atoms with Crippen molar-refractivity contribution in [2.75, 3.05) is 13.6 Å². The molecule has 7 nitrogen and oxygen atoms in total. The maximum absolute atomic E-state index is 12.4. The number of rotatable bonds is 5. The largest absolute Gasteiger partial charge is 0.272 e. The summed E-state index contributed by atoms with van der Waals surface area (Å²) < 4.78 is 26.4. The number of hydrazine groups is 1. The van der Waals surface area contributed by atoms with Gasteiger partial charge in [0.05, 0.1) is 11.4 Å². The molecule has 0 radical (unpaired) electrons. The van der Waals surface area contributed by atoms with Gasteiger partial charge in [0, 0.05) is 22.1 Å². The molecule has 0 aliphatic carbocycles. The summed E-state index contributed by atoms with van der Waals surface area (Å²) >= 11 is 8.99. The van der Waals surface area contributed by atoms with E-state index in [0.29, 0.717) is 10.6 Å². The van der Waals surface area contributed by atoms with Crippen LogP contribution >= 0.6 is 27.5 Å². The molecule has 0 atom stereocenters. The number of likely N-dealkylation sites (N-methyl/N-ethyl adjacent to an activating group) is 1. The lowest BCUT2D eigenvalue weighted by Gasteiger charge is -2.17. The van der Waals surface area contributed by atoms with E-state index in [4.69, 9.17) is 11.6 Å². The first-order valence-electron chi connectivity index (χ1n) is 7.27. The van der Waals surface area contributed by atoms with Crippen molar-refractivity contribution in [2.24, 2.45) is 0 Å². The van der Waals surface area contributed by atoms with Gasteiger partial charge in [-0.1, -0.05) is 27.5 Å². The number of hydrogen-bond acceptors (Lipinski definition) is 4. The van der Waals surface area contributed by atoms with E-state index in [0.717, 1.165) is 8.78 Å². The van der Waals surface area contributed by atoms with Crippen molar-refractivity contribution in [3.05, 3.63) is 63.6 Å². The third-order valence-corrected chi connectivity index (χ3v) is 5.91. The fraction of sp³-hybridized carbons (Fsp3) is 0.125. The number of amides is 2. The molecule has 2 aromatic carbocycles. The van der Waals surface area contributed by atoms with Gasteiger partial charge >= 0.3 is 0 Å². The molecule has 10 heteroatoms. The smallest absolute Gasteiger partial charge is 0.269 e. The summed E-state index contributed by atoms with van der Waals surface area (Å²) in [5, 5.41) is 0.403. The fourth-order valence-electron chi connectivity index (χ4n) is 1.91. The summed E-state index contributed by atoms with van der Waals surface area (Å²) in [5.74, 6) is -1.20. The topological polar surface area (TPSA) is 95.6 Å². The van der Waals surface area contributed by atoms with Gasteiger partial charge in [-0.05, 0) is 48.5 Å². The van der Waals surface area contributed by atoms with Gasteiger partial charge in [0.1, 0.15) is 0 Å². The van der Waals surface area contributed by atoms with Gasteiger partial charge in [-0.25, -0.2) is 8.42 Å². The Kier molecular flexibility index (Phi) is 6.76. The van der Waals surface area contributed by atoms with E-state index in [2.05, 4.69) is 26.8 Å². The number of benzene rings is 2. The zero-order valence-corrected chi connectivity index (χ0v) is 16.7. The second-order valence-electron chi connectivity index (χ2n) is 5.22. The van der Waals surface area contributed by atoms with Crippen molar-refractivity contribution >= 4 is 49.4 Å². The Morgan fingerprint density at radius 1 is 1.04 bits per heavy atom. The Labute approximate surface area is 164 Å². The van der Waals surface area contributed by atoms with Crippen LogP contribution in [0.5, 0.6) is 0 Å². The number of carbonyl (C=O) groups excluding carboxylic acids is 2. The summed E-state index contributed by atoms with van der Waals surface area (Å²) in [4.78, 5) is 23.8. The maximum Gasteiger partial charge on any atom is 0.269 e. The van der Waals surface area contributed by atoms with Crippen LogP contribution in [0.1, 0.15) is 10.4 Å². The predicted molar refractivity (Wildman–Crippen MR) is 101 cm³/mol. The molecule has 2 amide bonds. The molecule has 0 aromatic heterocycles. The lowest BCUT2D eigenvalue weighted by molar-refractivity contribution is -0.121. The van der Waals surface area contributed by atoms with Crippen molar-refractivity contribution in [3.8, 4) is 0 Å².